The Balaban J connectivity index is 5.38. The van der Waals surface area contributed by atoms with Gasteiger partial charge in [0.2, 0.25) is 9.48 Å². The molecule has 0 N–H and O–H groups in total. The molecule has 0 atom stereocenters. The molecule has 33 heavy (non-hydrogen) atoms. The van der Waals surface area contributed by atoms with Crippen LogP contribution >= 0.6 is 31.4 Å². The first kappa shape index (κ1) is 34.3. The second kappa shape index (κ2) is 23.7. The zero-order valence-electron chi connectivity index (χ0n) is 22.6. The Morgan fingerprint density at radius 3 is 1.03 bits per heavy atom. The highest BCUT2D eigenvalue weighted by Gasteiger charge is 2.38. The van der Waals surface area contributed by atoms with Crippen molar-refractivity contribution < 1.29 is 18.9 Å². The fourth-order valence-electron chi connectivity index (χ4n) is 2.95. The molecular weight excluding hydrogens is 505 g/mol. The van der Waals surface area contributed by atoms with Crippen LogP contribution in [0, 0.1) is 0 Å². The molecule has 0 aromatic carbocycles. The average Bonchev–Trinajstić information content (AvgIpc) is 2.82. The van der Waals surface area contributed by atoms with Crippen LogP contribution in [0.25, 0.3) is 0 Å². The standard InChI is InChI=1S/C24H54O4S3Si2/c1-7-13-17-25-23(32-21-11-5,26-18-14-8-2)29-31-30-24(33-22-12-6,27-19-15-9-3)28-20-16-10-4/h7-22,32-33H2,1-6H3. The maximum Gasteiger partial charge on any atom is 0.200 e. The molecule has 0 bridgehead atoms. The van der Waals surface area contributed by atoms with Gasteiger partial charge in [0, 0.05) is 0 Å². The molecule has 0 heterocycles. The third-order valence-corrected chi connectivity index (χ3v) is 17.1. The van der Waals surface area contributed by atoms with E-state index in [9.17, 15) is 0 Å². The summed E-state index contributed by atoms with van der Waals surface area (Å²) in [5.74, 6) is 0. The van der Waals surface area contributed by atoms with Gasteiger partial charge in [0.1, 0.15) is 19.0 Å². The Morgan fingerprint density at radius 1 is 0.485 bits per heavy atom. The molecule has 0 rings (SSSR count). The molecule has 0 unspecified atom stereocenters. The highest BCUT2D eigenvalue weighted by molar-refractivity contribution is 9.10. The average molecular weight is 559 g/mol. The van der Waals surface area contributed by atoms with Crippen LogP contribution in [0.5, 0.6) is 0 Å². The molecule has 0 aliphatic carbocycles. The molecule has 9 heteroatoms. The number of hydrogen-bond donors (Lipinski definition) is 0. The molecule has 0 aliphatic heterocycles. The third kappa shape index (κ3) is 17.4. The molecule has 0 aliphatic rings. The second-order valence-electron chi connectivity index (χ2n) is 8.62. The summed E-state index contributed by atoms with van der Waals surface area (Å²) in [4.78, 5) is 0. The second-order valence-corrected chi connectivity index (χ2v) is 18.3. The van der Waals surface area contributed by atoms with E-state index in [1.165, 1.54) is 24.9 Å². The van der Waals surface area contributed by atoms with Crippen LogP contribution < -0.4 is 0 Å². The van der Waals surface area contributed by atoms with E-state index < -0.39 is 28.5 Å². The number of hydrogen-bond acceptors (Lipinski definition) is 7. The van der Waals surface area contributed by atoms with Crippen molar-refractivity contribution in [1.82, 2.24) is 0 Å². The van der Waals surface area contributed by atoms with Crippen LogP contribution in [0.2, 0.25) is 12.1 Å². The summed E-state index contributed by atoms with van der Waals surface area (Å²) < 4.78 is 25.2. The van der Waals surface area contributed by atoms with Crippen LogP contribution in [0.1, 0.15) is 106 Å². The van der Waals surface area contributed by atoms with Gasteiger partial charge >= 0.3 is 0 Å². The van der Waals surface area contributed by atoms with Crippen LogP contribution in [0.15, 0.2) is 0 Å². The molecule has 0 aromatic heterocycles. The van der Waals surface area contributed by atoms with Crippen LogP contribution in [0.3, 0.4) is 0 Å². The molecule has 0 spiro atoms. The van der Waals surface area contributed by atoms with Crippen LogP contribution in [-0.4, -0.2) is 55.0 Å². The summed E-state index contributed by atoms with van der Waals surface area (Å²) >= 11 is 0. The van der Waals surface area contributed by atoms with Crippen molar-refractivity contribution >= 4 is 50.5 Å². The largest absolute Gasteiger partial charge is 0.345 e. The topological polar surface area (TPSA) is 36.9 Å². The molecule has 0 aromatic rings. The van der Waals surface area contributed by atoms with Gasteiger partial charge in [-0.05, 0) is 57.1 Å². The first-order chi connectivity index (χ1) is 16.1. The molecule has 0 fully saturated rings. The molecule has 0 amide bonds. The maximum atomic E-state index is 6.51. The van der Waals surface area contributed by atoms with Crippen molar-refractivity contribution in [2.45, 2.75) is 127 Å². The highest BCUT2D eigenvalue weighted by atomic mass is 33.5. The van der Waals surface area contributed by atoms with Gasteiger partial charge in [-0.15, -0.1) is 0 Å². The van der Waals surface area contributed by atoms with E-state index in [-0.39, 0.29) is 0 Å². The minimum atomic E-state index is -0.543. The summed E-state index contributed by atoms with van der Waals surface area (Å²) in [6, 6.07) is 2.48. The van der Waals surface area contributed by atoms with Crippen LogP contribution in [0.4, 0.5) is 0 Å². The van der Waals surface area contributed by atoms with E-state index in [0.717, 1.165) is 77.8 Å². The number of rotatable bonds is 26. The molecule has 200 valence electrons. The monoisotopic (exact) mass is 558 g/mol. The third-order valence-electron chi connectivity index (χ3n) is 5.27. The highest BCUT2D eigenvalue weighted by Crippen LogP contribution is 2.51. The van der Waals surface area contributed by atoms with Gasteiger partial charge in [-0.1, -0.05) is 92.2 Å². The lowest BCUT2D eigenvalue weighted by Crippen LogP contribution is -2.40. The van der Waals surface area contributed by atoms with E-state index >= 15 is 0 Å². The van der Waals surface area contributed by atoms with E-state index in [4.69, 9.17) is 18.9 Å². The predicted octanol–water partition coefficient (Wildman–Crippen LogP) is 7.50. The molecular formula is C24H54O4S3Si2. The Kier molecular flexibility index (Phi) is 24.7. The van der Waals surface area contributed by atoms with E-state index in [1.807, 2.05) is 21.6 Å². The van der Waals surface area contributed by atoms with Gasteiger partial charge in [0.05, 0.1) is 26.4 Å². The summed E-state index contributed by atoms with van der Waals surface area (Å²) in [6.07, 6.45) is 11.4. The fraction of sp³-hybridized carbons (Fsp3) is 1.00. The Bertz CT molecular complexity index is 367. The van der Waals surface area contributed by atoms with Gasteiger partial charge in [-0.3, -0.25) is 0 Å². The Labute approximate surface area is 222 Å². The Hall–Kier alpha value is 1.32. The van der Waals surface area contributed by atoms with Crippen molar-refractivity contribution in [2.75, 3.05) is 26.4 Å². The first-order valence-electron chi connectivity index (χ1n) is 13.7. The van der Waals surface area contributed by atoms with Crippen molar-refractivity contribution in [3.63, 3.8) is 0 Å². The lowest BCUT2D eigenvalue weighted by molar-refractivity contribution is -0.118. The van der Waals surface area contributed by atoms with Gasteiger partial charge in [0.25, 0.3) is 0 Å². The Morgan fingerprint density at radius 2 is 0.788 bits per heavy atom. The van der Waals surface area contributed by atoms with E-state index in [0.29, 0.717) is 0 Å². The van der Waals surface area contributed by atoms with E-state index in [1.54, 1.807) is 9.83 Å². The molecule has 0 saturated heterocycles. The zero-order valence-corrected chi connectivity index (χ0v) is 27.9. The maximum absolute atomic E-state index is 6.51. The van der Waals surface area contributed by atoms with Gasteiger partial charge in [-0.25, -0.2) is 0 Å². The van der Waals surface area contributed by atoms with Gasteiger partial charge in [-0.2, -0.15) is 0 Å². The summed E-state index contributed by atoms with van der Waals surface area (Å²) in [7, 11) is 4.33. The van der Waals surface area contributed by atoms with Crippen molar-refractivity contribution in [3.05, 3.63) is 0 Å². The normalized spacial score (nSPS) is 13.3. The summed E-state index contributed by atoms with van der Waals surface area (Å²) in [5.41, 5.74) is 0. The smallest absolute Gasteiger partial charge is 0.200 e. The quantitative estimate of drug-likeness (QED) is 0.0471. The fourth-order valence-corrected chi connectivity index (χ4v) is 15.5. The molecule has 0 saturated carbocycles. The van der Waals surface area contributed by atoms with E-state index in [2.05, 4.69) is 41.5 Å². The van der Waals surface area contributed by atoms with Gasteiger partial charge < -0.3 is 18.9 Å². The minimum absolute atomic E-state index is 0.442. The van der Waals surface area contributed by atoms with Crippen molar-refractivity contribution in [1.29, 1.82) is 0 Å². The molecule has 4 nitrogen and oxygen atoms in total. The number of unbranched alkanes of at least 4 members (excludes halogenated alkanes) is 4. The lowest BCUT2D eigenvalue weighted by atomic mass is 10.4. The summed E-state index contributed by atoms with van der Waals surface area (Å²) in [5, 5.41) is 0. The predicted molar refractivity (Wildman–Crippen MR) is 159 cm³/mol. The first-order valence-corrected chi connectivity index (χ1v) is 20.6. The van der Waals surface area contributed by atoms with Crippen LogP contribution in [-0.2, 0) is 18.9 Å². The lowest BCUT2D eigenvalue weighted by Gasteiger charge is -2.36. The number of ether oxygens (including phenoxy) is 4. The van der Waals surface area contributed by atoms with Crippen molar-refractivity contribution in [3.8, 4) is 0 Å². The SMILES string of the molecule is CCCCOC(OCCCC)([SiH2]CCC)SSSC(OCCCC)(OCCCC)[SiH2]CCC. The zero-order chi connectivity index (χ0) is 24.7. The minimum Gasteiger partial charge on any atom is -0.345 e. The van der Waals surface area contributed by atoms with Crippen molar-refractivity contribution in [2.24, 2.45) is 0 Å². The van der Waals surface area contributed by atoms with Gasteiger partial charge in [0.15, 0.2) is 0 Å². The molecule has 0 radical (unpaired) electrons. The summed E-state index contributed by atoms with van der Waals surface area (Å²) in [6.45, 7) is 16.6.